The lowest BCUT2D eigenvalue weighted by Gasteiger charge is -2.05. The Hall–Kier alpha value is -2.15. The predicted octanol–water partition coefficient (Wildman–Crippen LogP) is 1.82. The zero-order chi connectivity index (χ0) is 11.0. The van der Waals surface area contributed by atoms with Crippen molar-refractivity contribution in [1.82, 2.24) is 9.97 Å². The van der Waals surface area contributed by atoms with Gasteiger partial charge in [0.1, 0.15) is 17.6 Å². The van der Waals surface area contributed by atoms with E-state index in [1.165, 1.54) is 0 Å². The highest BCUT2D eigenvalue weighted by Crippen LogP contribution is 2.28. The molecule has 1 heterocycles. The molecule has 74 valence electrons. The number of rotatable bonds is 0. The molecule has 1 aromatic heterocycles. The molecule has 4 nitrogen and oxygen atoms in total. The van der Waals surface area contributed by atoms with Crippen LogP contribution in [0, 0.1) is 25.2 Å². The first-order valence-electron chi connectivity index (χ1n) is 4.50. The fourth-order valence-electron chi connectivity index (χ4n) is 1.62. The average Bonchev–Trinajstić information content (AvgIpc) is 2.17. The lowest BCUT2D eigenvalue weighted by molar-refractivity contribution is 0.479. The van der Waals surface area contributed by atoms with Gasteiger partial charge in [-0.1, -0.05) is 0 Å². The Morgan fingerprint density at radius 3 is 2.67 bits per heavy atom. The second kappa shape index (κ2) is 3.21. The number of nitriles is 1. The van der Waals surface area contributed by atoms with Gasteiger partial charge in [-0.2, -0.15) is 5.26 Å². The van der Waals surface area contributed by atoms with Gasteiger partial charge in [0, 0.05) is 0 Å². The molecule has 0 bridgehead atoms. The molecule has 0 unspecified atom stereocenters. The Balaban J connectivity index is 2.94. The van der Waals surface area contributed by atoms with Crippen molar-refractivity contribution < 1.29 is 5.11 Å². The van der Waals surface area contributed by atoms with Crippen LogP contribution >= 0.6 is 0 Å². The third-order valence-electron chi connectivity index (χ3n) is 2.25. The number of phenols is 1. The van der Waals surface area contributed by atoms with Crippen molar-refractivity contribution >= 4 is 10.9 Å². The fourth-order valence-corrected chi connectivity index (χ4v) is 1.62. The van der Waals surface area contributed by atoms with E-state index in [9.17, 15) is 5.11 Å². The van der Waals surface area contributed by atoms with E-state index in [0.717, 1.165) is 0 Å². The monoisotopic (exact) mass is 199 g/mol. The van der Waals surface area contributed by atoms with Crippen LogP contribution in [0.4, 0.5) is 0 Å². The molecule has 0 aliphatic rings. The van der Waals surface area contributed by atoms with Gasteiger partial charge >= 0.3 is 0 Å². The molecule has 0 amide bonds. The Bertz CT molecular complexity index is 584. The van der Waals surface area contributed by atoms with E-state index in [0.29, 0.717) is 22.4 Å². The zero-order valence-corrected chi connectivity index (χ0v) is 8.44. The van der Waals surface area contributed by atoms with Gasteiger partial charge < -0.3 is 5.11 Å². The number of benzene rings is 1. The van der Waals surface area contributed by atoms with Crippen molar-refractivity contribution in [3.8, 4) is 11.8 Å². The summed E-state index contributed by atoms with van der Waals surface area (Å²) >= 11 is 0. The van der Waals surface area contributed by atoms with E-state index in [-0.39, 0.29) is 11.3 Å². The lowest BCUT2D eigenvalue weighted by Crippen LogP contribution is -1.94. The SMILES string of the molecule is Cc1nc(C)c2c(O)c(C#N)ccc2n1. The van der Waals surface area contributed by atoms with E-state index in [1.54, 1.807) is 26.0 Å². The predicted molar refractivity (Wildman–Crippen MR) is 55.4 cm³/mol. The molecule has 0 saturated heterocycles. The minimum absolute atomic E-state index is 0.0347. The summed E-state index contributed by atoms with van der Waals surface area (Å²) in [6.07, 6.45) is 0. The second-order valence-electron chi connectivity index (χ2n) is 3.32. The molecule has 2 rings (SSSR count). The van der Waals surface area contributed by atoms with Crippen LogP contribution in [0.25, 0.3) is 10.9 Å². The van der Waals surface area contributed by atoms with E-state index in [1.807, 2.05) is 6.07 Å². The van der Waals surface area contributed by atoms with Gasteiger partial charge in [0.2, 0.25) is 0 Å². The molecule has 0 radical (unpaired) electrons. The van der Waals surface area contributed by atoms with Gasteiger partial charge in [0.05, 0.1) is 22.2 Å². The molecule has 1 N–H and O–H groups in total. The van der Waals surface area contributed by atoms with Crippen molar-refractivity contribution in [1.29, 1.82) is 5.26 Å². The highest BCUT2D eigenvalue weighted by atomic mass is 16.3. The summed E-state index contributed by atoms with van der Waals surface area (Å²) in [4.78, 5) is 8.35. The summed E-state index contributed by atoms with van der Waals surface area (Å²) in [6.45, 7) is 3.58. The van der Waals surface area contributed by atoms with E-state index in [2.05, 4.69) is 9.97 Å². The van der Waals surface area contributed by atoms with Crippen molar-refractivity contribution in [2.75, 3.05) is 0 Å². The third-order valence-corrected chi connectivity index (χ3v) is 2.25. The van der Waals surface area contributed by atoms with Crippen molar-refractivity contribution in [3.05, 3.63) is 29.2 Å². The standard InChI is InChI=1S/C11H9N3O/c1-6-10-9(14-7(2)13-6)4-3-8(5-12)11(10)15/h3-4,15H,1-2H3. The normalized spacial score (nSPS) is 10.2. The fraction of sp³-hybridized carbons (Fsp3) is 0.182. The number of aromatic hydroxyl groups is 1. The first kappa shape index (κ1) is 9.41. The average molecular weight is 199 g/mol. The maximum atomic E-state index is 9.82. The molecule has 0 fully saturated rings. The topological polar surface area (TPSA) is 69.8 Å². The van der Waals surface area contributed by atoms with Crippen LogP contribution in [0.1, 0.15) is 17.1 Å². The summed E-state index contributed by atoms with van der Waals surface area (Å²) in [5.41, 5.74) is 1.60. The summed E-state index contributed by atoms with van der Waals surface area (Å²) in [5, 5.41) is 19.1. The Morgan fingerprint density at radius 2 is 2.00 bits per heavy atom. The van der Waals surface area contributed by atoms with E-state index in [4.69, 9.17) is 5.26 Å². The molecule has 0 aliphatic carbocycles. The Labute approximate surface area is 86.8 Å². The molecule has 4 heteroatoms. The lowest BCUT2D eigenvalue weighted by atomic mass is 10.1. The number of hydrogen-bond donors (Lipinski definition) is 1. The van der Waals surface area contributed by atoms with Crippen molar-refractivity contribution in [2.24, 2.45) is 0 Å². The van der Waals surface area contributed by atoms with Crippen molar-refractivity contribution in [3.63, 3.8) is 0 Å². The minimum atomic E-state index is -0.0347. The van der Waals surface area contributed by atoms with Crippen LogP contribution in [-0.4, -0.2) is 15.1 Å². The van der Waals surface area contributed by atoms with Gasteiger partial charge in [0.25, 0.3) is 0 Å². The molecule has 0 atom stereocenters. The molecular weight excluding hydrogens is 190 g/mol. The molecule has 15 heavy (non-hydrogen) atoms. The summed E-state index contributed by atoms with van der Waals surface area (Å²) in [6, 6.07) is 5.20. The van der Waals surface area contributed by atoms with Gasteiger partial charge in [0.15, 0.2) is 0 Å². The Morgan fingerprint density at radius 1 is 1.27 bits per heavy atom. The number of fused-ring (bicyclic) bond motifs is 1. The van der Waals surface area contributed by atoms with Gasteiger partial charge in [-0.25, -0.2) is 9.97 Å². The van der Waals surface area contributed by atoms with Crippen LogP contribution in [0.15, 0.2) is 12.1 Å². The smallest absolute Gasteiger partial charge is 0.144 e. The number of aromatic nitrogens is 2. The molecule has 1 aromatic carbocycles. The Kier molecular flexibility index (Phi) is 2.01. The highest BCUT2D eigenvalue weighted by molar-refractivity contribution is 5.89. The quantitative estimate of drug-likeness (QED) is 0.702. The molecule has 0 aliphatic heterocycles. The first-order valence-corrected chi connectivity index (χ1v) is 4.50. The van der Waals surface area contributed by atoms with Crippen LogP contribution in [0.2, 0.25) is 0 Å². The maximum absolute atomic E-state index is 9.82. The molecule has 0 saturated carbocycles. The van der Waals surface area contributed by atoms with Crippen LogP contribution in [0.3, 0.4) is 0 Å². The van der Waals surface area contributed by atoms with Gasteiger partial charge in [-0.3, -0.25) is 0 Å². The van der Waals surface area contributed by atoms with Gasteiger partial charge in [-0.05, 0) is 26.0 Å². The minimum Gasteiger partial charge on any atom is -0.506 e. The summed E-state index contributed by atoms with van der Waals surface area (Å²) in [7, 11) is 0. The number of aryl methyl sites for hydroxylation is 2. The number of phenolic OH excluding ortho intramolecular Hbond substituents is 1. The zero-order valence-electron chi connectivity index (χ0n) is 8.44. The van der Waals surface area contributed by atoms with Crippen molar-refractivity contribution in [2.45, 2.75) is 13.8 Å². The first-order chi connectivity index (χ1) is 7.13. The summed E-state index contributed by atoms with van der Waals surface area (Å²) < 4.78 is 0. The van der Waals surface area contributed by atoms with Crippen LogP contribution in [-0.2, 0) is 0 Å². The van der Waals surface area contributed by atoms with Crippen LogP contribution in [0.5, 0.6) is 5.75 Å². The number of nitrogens with zero attached hydrogens (tertiary/aromatic N) is 3. The number of hydrogen-bond acceptors (Lipinski definition) is 4. The third kappa shape index (κ3) is 1.38. The molecule has 0 spiro atoms. The largest absolute Gasteiger partial charge is 0.506 e. The van der Waals surface area contributed by atoms with E-state index < -0.39 is 0 Å². The molecule has 2 aromatic rings. The van der Waals surface area contributed by atoms with Crippen LogP contribution < -0.4 is 0 Å². The highest BCUT2D eigenvalue weighted by Gasteiger charge is 2.10. The second-order valence-corrected chi connectivity index (χ2v) is 3.32. The van der Waals surface area contributed by atoms with E-state index >= 15 is 0 Å². The maximum Gasteiger partial charge on any atom is 0.144 e. The summed E-state index contributed by atoms with van der Waals surface area (Å²) in [5.74, 6) is 0.622. The van der Waals surface area contributed by atoms with Gasteiger partial charge in [-0.15, -0.1) is 0 Å². The molecular formula is C11H9N3O.